The summed E-state index contributed by atoms with van der Waals surface area (Å²) in [7, 11) is 0. The third-order valence-corrected chi connectivity index (χ3v) is 4.51. The summed E-state index contributed by atoms with van der Waals surface area (Å²) in [5.41, 5.74) is 0. The number of rotatable bonds is 11. The van der Waals surface area contributed by atoms with Crippen molar-refractivity contribution in [1.82, 2.24) is 10.4 Å². The molecule has 0 fully saturated rings. The second-order valence-electron chi connectivity index (χ2n) is 6.94. The zero-order valence-corrected chi connectivity index (χ0v) is 16.2. The summed E-state index contributed by atoms with van der Waals surface area (Å²) in [4.78, 5) is 15.6. The Morgan fingerprint density at radius 3 is 2.52 bits per heavy atom. The van der Waals surface area contributed by atoms with Crippen molar-refractivity contribution in [3.63, 3.8) is 0 Å². The lowest BCUT2D eigenvalue weighted by Crippen LogP contribution is -2.41. The molecule has 1 rings (SSSR count). The molecule has 0 bridgehead atoms. The second-order valence-corrected chi connectivity index (χ2v) is 6.94. The van der Waals surface area contributed by atoms with E-state index in [2.05, 4.69) is 29.1 Å². The monoisotopic (exact) mass is 349 g/mol. The molecule has 0 aromatic rings. The predicted molar refractivity (Wildman–Crippen MR) is 103 cm³/mol. The van der Waals surface area contributed by atoms with Crippen LogP contribution in [0.5, 0.6) is 0 Å². The van der Waals surface area contributed by atoms with Crippen LogP contribution in [0.4, 0.5) is 0 Å². The molecule has 5 nitrogen and oxygen atoms in total. The van der Waals surface area contributed by atoms with Gasteiger partial charge in [0.2, 0.25) is 5.91 Å². The topological polar surface area (TPSA) is 64.9 Å². The Kier molecular flexibility index (Phi) is 11.0. The molecule has 25 heavy (non-hydrogen) atoms. The van der Waals surface area contributed by atoms with E-state index in [-0.39, 0.29) is 18.0 Å². The fraction of sp³-hybridized carbons (Fsp3) is 0.800. The number of unbranched alkanes of at least 4 members (excludes halogenated alkanes) is 8. The minimum Gasteiger partial charge on any atom is -0.352 e. The Morgan fingerprint density at radius 2 is 1.88 bits per heavy atom. The van der Waals surface area contributed by atoms with Gasteiger partial charge in [-0.05, 0) is 13.3 Å². The Balaban J connectivity index is 2.16. The quantitative estimate of drug-likeness (QED) is 0.439. The van der Waals surface area contributed by atoms with Crippen molar-refractivity contribution in [3.05, 3.63) is 0 Å². The number of amides is 1. The van der Waals surface area contributed by atoms with Crippen LogP contribution in [0.1, 0.15) is 85.0 Å². The minimum absolute atomic E-state index is 0.0780. The van der Waals surface area contributed by atoms with E-state index < -0.39 is 0 Å². The molecule has 2 atom stereocenters. The number of carbonyl (C=O) groups is 1. The van der Waals surface area contributed by atoms with Crippen molar-refractivity contribution in [2.24, 2.45) is 4.99 Å². The van der Waals surface area contributed by atoms with E-state index >= 15 is 0 Å². The van der Waals surface area contributed by atoms with Crippen LogP contribution in [0.2, 0.25) is 0 Å². The number of hydroxylamine groups is 2. The molecule has 0 saturated carbocycles. The molecule has 142 valence electrons. The summed E-state index contributed by atoms with van der Waals surface area (Å²) in [6, 6.07) is -0.201. The minimum atomic E-state index is -0.113. The molecule has 1 amide bonds. The van der Waals surface area contributed by atoms with Crippen LogP contribution in [0.3, 0.4) is 0 Å². The SMILES string of the molecule is CCCCCCCCCCC#CCC1=NC(C(C)NC(C)=O)CN1O. The highest BCUT2D eigenvalue weighted by molar-refractivity contribution is 5.85. The number of amidine groups is 1. The van der Waals surface area contributed by atoms with Crippen molar-refractivity contribution in [2.45, 2.75) is 97.1 Å². The molecule has 0 aromatic carbocycles. The van der Waals surface area contributed by atoms with Gasteiger partial charge in [-0.15, -0.1) is 5.92 Å². The smallest absolute Gasteiger partial charge is 0.217 e. The summed E-state index contributed by atoms with van der Waals surface area (Å²) in [6.45, 7) is 6.05. The standard InChI is InChI=1S/C20H35N3O2/c1-4-5-6-7-8-9-10-11-12-13-14-15-20-22-19(16-23(20)25)17(2)21-18(3)24/h17,19,25H,4-12,15-16H2,1-3H3,(H,21,24). The summed E-state index contributed by atoms with van der Waals surface area (Å²) < 4.78 is 0. The molecule has 0 aliphatic carbocycles. The molecule has 1 aliphatic heterocycles. The summed E-state index contributed by atoms with van der Waals surface area (Å²) in [5.74, 6) is 6.81. The van der Waals surface area contributed by atoms with E-state index in [9.17, 15) is 10.0 Å². The van der Waals surface area contributed by atoms with Gasteiger partial charge in [-0.3, -0.25) is 15.0 Å². The fourth-order valence-corrected chi connectivity index (χ4v) is 2.98. The third kappa shape index (κ3) is 9.50. The van der Waals surface area contributed by atoms with Crippen molar-refractivity contribution < 1.29 is 10.0 Å². The molecule has 0 radical (unpaired) electrons. The van der Waals surface area contributed by atoms with Gasteiger partial charge in [-0.25, -0.2) is 5.06 Å². The average molecular weight is 350 g/mol. The summed E-state index contributed by atoms with van der Waals surface area (Å²) in [5, 5.41) is 13.9. The summed E-state index contributed by atoms with van der Waals surface area (Å²) in [6.07, 6.45) is 11.9. The molecule has 0 saturated heterocycles. The lowest BCUT2D eigenvalue weighted by Gasteiger charge is -2.17. The lowest BCUT2D eigenvalue weighted by molar-refractivity contribution is -0.119. The first kappa shape index (κ1) is 21.5. The van der Waals surface area contributed by atoms with Gasteiger partial charge >= 0.3 is 0 Å². The van der Waals surface area contributed by atoms with Crippen LogP contribution < -0.4 is 5.32 Å². The van der Waals surface area contributed by atoms with Gasteiger partial charge in [0, 0.05) is 13.3 Å². The molecule has 1 aliphatic rings. The Bertz CT molecular complexity index is 479. The molecule has 2 N–H and O–H groups in total. The Labute approximate surface area is 153 Å². The van der Waals surface area contributed by atoms with E-state index in [1.165, 1.54) is 51.9 Å². The van der Waals surface area contributed by atoms with Gasteiger partial charge in [0.1, 0.15) is 5.84 Å². The Morgan fingerprint density at radius 1 is 1.24 bits per heavy atom. The highest BCUT2D eigenvalue weighted by Crippen LogP contribution is 2.13. The number of nitrogens with one attached hydrogen (secondary N) is 1. The van der Waals surface area contributed by atoms with Crippen LogP contribution in [0, 0.1) is 11.8 Å². The van der Waals surface area contributed by atoms with E-state index in [0.29, 0.717) is 18.8 Å². The van der Waals surface area contributed by atoms with Crippen LogP contribution in [0.15, 0.2) is 4.99 Å². The Hall–Kier alpha value is -1.54. The van der Waals surface area contributed by atoms with Gasteiger partial charge in [0.25, 0.3) is 0 Å². The zero-order chi connectivity index (χ0) is 18.5. The third-order valence-electron chi connectivity index (χ3n) is 4.51. The van der Waals surface area contributed by atoms with Crippen LogP contribution in [-0.4, -0.2) is 40.6 Å². The van der Waals surface area contributed by atoms with Crippen LogP contribution >= 0.6 is 0 Å². The van der Waals surface area contributed by atoms with Gasteiger partial charge in [0.15, 0.2) is 0 Å². The molecule has 1 heterocycles. The molecular weight excluding hydrogens is 314 g/mol. The first-order chi connectivity index (χ1) is 12.0. The van der Waals surface area contributed by atoms with Crippen molar-refractivity contribution in [2.75, 3.05) is 6.54 Å². The van der Waals surface area contributed by atoms with E-state index in [0.717, 1.165) is 17.9 Å². The fourth-order valence-electron chi connectivity index (χ4n) is 2.98. The van der Waals surface area contributed by atoms with E-state index in [1.54, 1.807) is 0 Å². The van der Waals surface area contributed by atoms with E-state index in [4.69, 9.17) is 0 Å². The van der Waals surface area contributed by atoms with Crippen molar-refractivity contribution >= 4 is 11.7 Å². The number of aliphatic imine (C=N–C) groups is 1. The molecule has 0 spiro atoms. The number of hydrogen-bond acceptors (Lipinski definition) is 4. The lowest BCUT2D eigenvalue weighted by atomic mass is 10.1. The maximum absolute atomic E-state index is 11.1. The van der Waals surface area contributed by atoms with Crippen molar-refractivity contribution in [1.29, 1.82) is 0 Å². The normalized spacial score (nSPS) is 17.7. The maximum Gasteiger partial charge on any atom is 0.217 e. The summed E-state index contributed by atoms with van der Waals surface area (Å²) >= 11 is 0. The molecule has 0 aromatic heterocycles. The van der Waals surface area contributed by atoms with Gasteiger partial charge in [-0.2, -0.15) is 0 Å². The predicted octanol–water partition coefficient (Wildman–Crippen LogP) is 3.91. The second kappa shape index (κ2) is 12.8. The average Bonchev–Trinajstić information content (AvgIpc) is 2.93. The zero-order valence-electron chi connectivity index (χ0n) is 16.2. The number of hydrogen-bond donors (Lipinski definition) is 2. The number of carbonyl (C=O) groups excluding carboxylic acids is 1. The molecule has 5 heteroatoms. The molecular formula is C20H35N3O2. The number of nitrogens with zero attached hydrogens (tertiary/aromatic N) is 2. The highest BCUT2D eigenvalue weighted by atomic mass is 16.5. The van der Waals surface area contributed by atoms with Crippen LogP contribution in [-0.2, 0) is 4.79 Å². The first-order valence-corrected chi connectivity index (χ1v) is 9.80. The largest absolute Gasteiger partial charge is 0.352 e. The van der Waals surface area contributed by atoms with Gasteiger partial charge in [-0.1, -0.05) is 57.8 Å². The highest BCUT2D eigenvalue weighted by Gasteiger charge is 2.28. The first-order valence-electron chi connectivity index (χ1n) is 9.80. The van der Waals surface area contributed by atoms with Crippen LogP contribution in [0.25, 0.3) is 0 Å². The molecule has 2 unspecified atom stereocenters. The maximum atomic E-state index is 11.1. The van der Waals surface area contributed by atoms with E-state index in [1.807, 2.05) is 6.92 Å². The van der Waals surface area contributed by atoms with Crippen molar-refractivity contribution in [3.8, 4) is 11.8 Å². The van der Waals surface area contributed by atoms with Gasteiger partial charge in [0.05, 0.1) is 25.0 Å². The van der Waals surface area contributed by atoms with Gasteiger partial charge < -0.3 is 5.32 Å².